The van der Waals surface area contributed by atoms with E-state index in [0.717, 1.165) is 11.8 Å². The molecule has 1 aromatic heterocycles. The minimum absolute atomic E-state index is 0.114. The van der Waals surface area contributed by atoms with E-state index in [4.69, 9.17) is 4.42 Å². The third kappa shape index (κ3) is 3.66. The number of hydrogen-bond acceptors (Lipinski definition) is 2. The SMILES string of the molecule is CN(Cc1ccc(F)cc1F)C(=O)CCc1ccco1. The second kappa shape index (κ2) is 6.32. The molecule has 1 amide bonds. The zero-order valence-electron chi connectivity index (χ0n) is 11.1. The number of carbonyl (C=O) groups is 1. The summed E-state index contributed by atoms with van der Waals surface area (Å²) in [7, 11) is 1.59. The summed E-state index contributed by atoms with van der Waals surface area (Å²) in [4.78, 5) is 13.3. The van der Waals surface area contributed by atoms with Crippen LogP contribution in [0.4, 0.5) is 8.78 Å². The van der Waals surface area contributed by atoms with Crippen LogP contribution in [0.1, 0.15) is 17.7 Å². The fourth-order valence-electron chi connectivity index (χ4n) is 1.87. The number of hydrogen-bond donors (Lipinski definition) is 0. The maximum absolute atomic E-state index is 13.5. The molecule has 0 spiro atoms. The van der Waals surface area contributed by atoms with Crippen LogP contribution >= 0.6 is 0 Å². The molecule has 0 aliphatic carbocycles. The van der Waals surface area contributed by atoms with E-state index in [0.29, 0.717) is 12.0 Å². The Labute approximate surface area is 115 Å². The first-order valence-electron chi connectivity index (χ1n) is 6.26. The average molecular weight is 279 g/mol. The average Bonchev–Trinajstić information content (AvgIpc) is 2.92. The lowest BCUT2D eigenvalue weighted by Crippen LogP contribution is -2.26. The van der Waals surface area contributed by atoms with E-state index in [9.17, 15) is 13.6 Å². The fraction of sp³-hybridized carbons (Fsp3) is 0.267. The molecule has 0 unspecified atom stereocenters. The molecule has 20 heavy (non-hydrogen) atoms. The summed E-state index contributed by atoms with van der Waals surface area (Å²) in [5, 5.41) is 0. The van der Waals surface area contributed by atoms with Crippen molar-refractivity contribution in [3.05, 3.63) is 59.6 Å². The highest BCUT2D eigenvalue weighted by molar-refractivity contribution is 5.76. The molecule has 0 bridgehead atoms. The number of amides is 1. The smallest absolute Gasteiger partial charge is 0.223 e. The molecule has 2 aromatic rings. The summed E-state index contributed by atoms with van der Waals surface area (Å²) in [6.45, 7) is 0.114. The number of carbonyl (C=O) groups excluding carboxylic acids is 1. The van der Waals surface area contributed by atoms with Crippen LogP contribution in [0.25, 0.3) is 0 Å². The molecule has 2 rings (SSSR count). The molecule has 0 aliphatic heterocycles. The van der Waals surface area contributed by atoms with Gasteiger partial charge in [0, 0.05) is 38.1 Å². The second-order valence-electron chi connectivity index (χ2n) is 4.56. The lowest BCUT2D eigenvalue weighted by atomic mass is 10.2. The number of halogens is 2. The quantitative estimate of drug-likeness (QED) is 0.842. The standard InChI is InChI=1S/C15H15F2NO2/c1-18(10-11-4-5-12(16)9-14(11)17)15(19)7-6-13-3-2-8-20-13/h2-5,8-9H,6-7,10H2,1H3. The van der Waals surface area contributed by atoms with Gasteiger partial charge >= 0.3 is 0 Å². The summed E-state index contributed by atoms with van der Waals surface area (Å²) in [5.41, 5.74) is 0.292. The molecule has 3 nitrogen and oxygen atoms in total. The third-order valence-electron chi connectivity index (χ3n) is 3.01. The fourth-order valence-corrected chi connectivity index (χ4v) is 1.87. The van der Waals surface area contributed by atoms with Crippen LogP contribution < -0.4 is 0 Å². The van der Waals surface area contributed by atoms with Crippen molar-refractivity contribution >= 4 is 5.91 Å². The van der Waals surface area contributed by atoms with Gasteiger partial charge in [-0.1, -0.05) is 6.07 Å². The van der Waals surface area contributed by atoms with E-state index < -0.39 is 11.6 Å². The van der Waals surface area contributed by atoms with Crippen LogP contribution in [-0.4, -0.2) is 17.9 Å². The van der Waals surface area contributed by atoms with Crippen molar-refractivity contribution < 1.29 is 18.0 Å². The molecule has 0 saturated heterocycles. The zero-order chi connectivity index (χ0) is 14.5. The second-order valence-corrected chi connectivity index (χ2v) is 4.56. The molecular weight excluding hydrogens is 264 g/mol. The van der Waals surface area contributed by atoms with Crippen molar-refractivity contribution in [1.82, 2.24) is 4.90 Å². The molecule has 0 atom stereocenters. The summed E-state index contributed by atoms with van der Waals surface area (Å²) in [6.07, 6.45) is 2.34. The first-order chi connectivity index (χ1) is 9.56. The minimum atomic E-state index is -0.643. The van der Waals surface area contributed by atoms with Gasteiger partial charge in [-0.2, -0.15) is 0 Å². The Kier molecular flexibility index (Phi) is 4.50. The lowest BCUT2D eigenvalue weighted by Gasteiger charge is -2.17. The van der Waals surface area contributed by atoms with Crippen LogP contribution in [0.2, 0.25) is 0 Å². The summed E-state index contributed by atoms with van der Waals surface area (Å²) in [5.74, 6) is -0.654. The van der Waals surface area contributed by atoms with Crippen molar-refractivity contribution in [2.45, 2.75) is 19.4 Å². The Morgan fingerprint density at radius 2 is 2.10 bits per heavy atom. The van der Waals surface area contributed by atoms with Crippen LogP contribution in [0.15, 0.2) is 41.0 Å². The van der Waals surface area contributed by atoms with Crippen molar-refractivity contribution in [2.24, 2.45) is 0 Å². The van der Waals surface area contributed by atoms with E-state index in [1.807, 2.05) is 0 Å². The first kappa shape index (κ1) is 14.2. The topological polar surface area (TPSA) is 33.5 Å². The van der Waals surface area contributed by atoms with Gasteiger partial charge in [0.1, 0.15) is 17.4 Å². The van der Waals surface area contributed by atoms with Crippen molar-refractivity contribution in [3.63, 3.8) is 0 Å². The molecule has 0 saturated carbocycles. The van der Waals surface area contributed by atoms with Crippen LogP contribution in [0.5, 0.6) is 0 Å². The van der Waals surface area contributed by atoms with Crippen molar-refractivity contribution in [2.75, 3.05) is 7.05 Å². The van der Waals surface area contributed by atoms with Gasteiger partial charge < -0.3 is 9.32 Å². The van der Waals surface area contributed by atoms with Gasteiger partial charge in [-0.3, -0.25) is 4.79 Å². The van der Waals surface area contributed by atoms with Gasteiger partial charge in [-0.15, -0.1) is 0 Å². The molecule has 1 aromatic carbocycles. The Bertz CT molecular complexity index is 582. The molecule has 0 N–H and O–H groups in total. The number of furan rings is 1. The van der Waals surface area contributed by atoms with Gasteiger partial charge in [-0.05, 0) is 18.2 Å². The van der Waals surface area contributed by atoms with Crippen molar-refractivity contribution in [1.29, 1.82) is 0 Å². The molecule has 106 valence electrons. The van der Waals surface area contributed by atoms with Gasteiger partial charge in [0.15, 0.2) is 0 Å². The van der Waals surface area contributed by atoms with E-state index in [2.05, 4.69) is 0 Å². The first-order valence-corrected chi connectivity index (χ1v) is 6.26. The van der Waals surface area contributed by atoms with Gasteiger partial charge in [0.2, 0.25) is 5.91 Å². The molecule has 1 heterocycles. The predicted octanol–water partition coefficient (Wildman–Crippen LogP) is 3.15. The van der Waals surface area contributed by atoms with Gasteiger partial charge in [-0.25, -0.2) is 8.78 Å². The van der Waals surface area contributed by atoms with E-state index >= 15 is 0 Å². The van der Waals surface area contributed by atoms with Gasteiger partial charge in [0.05, 0.1) is 6.26 Å². The molecule has 0 fully saturated rings. The largest absolute Gasteiger partial charge is 0.469 e. The Morgan fingerprint density at radius 3 is 2.75 bits per heavy atom. The Hall–Kier alpha value is -2.17. The maximum Gasteiger partial charge on any atom is 0.223 e. The maximum atomic E-state index is 13.5. The van der Waals surface area contributed by atoms with E-state index in [1.54, 1.807) is 25.4 Å². The van der Waals surface area contributed by atoms with Crippen molar-refractivity contribution in [3.8, 4) is 0 Å². The Balaban J connectivity index is 1.90. The minimum Gasteiger partial charge on any atom is -0.469 e. The van der Waals surface area contributed by atoms with Gasteiger partial charge in [0.25, 0.3) is 0 Å². The third-order valence-corrected chi connectivity index (χ3v) is 3.01. The highest BCUT2D eigenvalue weighted by Gasteiger charge is 2.13. The highest BCUT2D eigenvalue weighted by Crippen LogP contribution is 2.13. The molecule has 0 aliphatic rings. The summed E-state index contributed by atoms with van der Waals surface area (Å²) < 4.78 is 31.4. The number of nitrogens with zero attached hydrogens (tertiary/aromatic N) is 1. The monoisotopic (exact) mass is 279 g/mol. The molecule has 5 heteroatoms. The van der Waals surface area contributed by atoms with Crippen LogP contribution in [0, 0.1) is 11.6 Å². The van der Waals surface area contributed by atoms with E-state index in [1.165, 1.54) is 17.0 Å². The predicted molar refractivity (Wildman–Crippen MR) is 69.9 cm³/mol. The lowest BCUT2D eigenvalue weighted by molar-refractivity contribution is -0.130. The number of benzene rings is 1. The Morgan fingerprint density at radius 1 is 1.30 bits per heavy atom. The normalized spacial score (nSPS) is 10.6. The molecular formula is C15H15F2NO2. The number of rotatable bonds is 5. The van der Waals surface area contributed by atoms with Crippen LogP contribution in [0.3, 0.4) is 0 Å². The highest BCUT2D eigenvalue weighted by atomic mass is 19.1. The van der Waals surface area contributed by atoms with Crippen LogP contribution in [-0.2, 0) is 17.8 Å². The summed E-state index contributed by atoms with van der Waals surface area (Å²) >= 11 is 0. The number of aryl methyl sites for hydroxylation is 1. The summed E-state index contributed by atoms with van der Waals surface area (Å²) in [6, 6.07) is 6.90. The molecule has 0 radical (unpaired) electrons. The van der Waals surface area contributed by atoms with E-state index in [-0.39, 0.29) is 18.9 Å². The zero-order valence-corrected chi connectivity index (χ0v) is 11.1.